The maximum absolute atomic E-state index is 13.5. The van der Waals surface area contributed by atoms with Crippen LogP contribution in [0.3, 0.4) is 0 Å². The zero-order valence-electron chi connectivity index (χ0n) is 12.8. The third-order valence-electron chi connectivity index (χ3n) is 3.85. The van der Waals surface area contributed by atoms with Gasteiger partial charge in [0.1, 0.15) is 11.6 Å². The predicted molar refractivity (Wildman–Crippen MR) is 89.3 cm³/mol. The zero-order chi connectivity index (χ0) is 16.2. The molecule has 120 valence electrons. The van der Waals surface area contributed by atoms with Crippen LogP contribution in [0.4, 0.5) is 4.39 Å². The number of ether oxygens (including phenoxy) is 1. The lowest BCUT2D eigenvalue weighted by Gasteiger charge is -2.26. The summed E-state index contributed by atoms with van der Waals surface area (Å²) in [6.07, 6.45) is 1.09. The molecule has 1 N–H and O–H groups in total. The number of benzene rings is 2. The summed E-state index contributed by atoms with van der Waals surface area (Å²) in [5, 5.41) is 3.03. The highest BCUT2D eigenvalue weighted by Gasteiger charge is 2.22. The highest BCUT2D eigenvalue weighted by atomic mass is 32.2. The third kappa shape index (κ3) is 3.85. The molecule has 0 spiro atoms. The molecule has 0 aliphatic carbocycles. The van der Waals surface area contributed by atoms with Crippen LogP contribution in [0.1, 0.15) is 23.6 Å². The number of nitrogens with one attached hydrogen (secondary N) is 1. The van der Waals surface area contributed by atoms with Gasteiger partial charge in [-0.25, -0.2) is 4.39 Å². The molecule has 1 heterocycles. The molecule has 5 heteroatoms. The number of carbonyl (C=O) groups excluding carboxylic acids is 1. The van der Waals surface area contributed by atoms with E-state index in [0.29, 0.717) is 0 Å². The molecule has 1 aliphatic rings. The van der Waals surface area contributed by atoms with E-state index in [2.05, 4.69) is 5.32 Å². The smallest absolute Gasteiger partial charge is 0.224 e. The first kappa shape index (κ1) is 15.9. The number of amides is 1. The molecule has 1 aliphatic heterocycles. The molecule has 2 aromatic carbocycles. The minimum absolute atomic E-state index is 0.0645. The summed E-state index contributed by atoms with van der Waals surface area (Å²) in [4.78, 5) is 13.4. The fourth-order valence-corrected chi connectivity index (χ4v) is 3.83. The first-order chi connectivity index (χ1) is 11.2. The SMILES string of the molecule is COc1cccc(CC(=O)N[C@@H]2CCSc3ccc(F)cc32)c1. The Balaban J connectivity index is 1.70. The summed E-state index contributed by atoms with van der Waals surface area (Å²) in [6, 6.07) is 12.1. The van der Waals surface area contributed by atoms with E-state index in [4.69, 9.17) is 4.74 Å². The van der Waals surface area contributed by atoms with E-state index < -0.39 is 0 Å². The average molecular weight is 331 g/mol. The van der Waals surface area contributed by atoms with Gasteiger partial charge in [-0.05, 0) is 47.9 Å². The standard InChI is InChI=1S/C18H18FNO2S/c1-22-14-4-2-3-12(9-14)10-18(21)20-16-7-8-23-17-6-5-13(19)11-15(16)17/h2-6,9,11,16H,7-8,10H2,1H3,(H,20,21)/t16-/m1/s1. The molecule has 23 heavy (non-hydrogen) atoms. The fraction of sp³-hybridized carbons (Fsp3) is 0.278. The highest BCUT2D eigenvalue weighted by Crippen LogP contribution is 2.36. The molecular weight excluding hydrogens is 313 g/mol. The van der Waals surface area contributed by atoms with Crippen molar-refractivity contribution in [3.8, 4) is 5.75 Å². The molecule has 1 amide bonds. The summed E-state index contributed by atoms with van der Waals surface area (Å²) >= 11 is 1.70. The molecule has 0 radical (unpaired) electrons. The summed E-state index contributed by atoms with van der Waals surface area (Å²) in [5.74, 6) is 1.32. The first-order valence-electron chi connectivity index (χ1n) is 7.50. The van der Waals surface area contributed by atoms with Crippen LogP contribution in [0.5, 0.6) is 5.75 Å². The summed E-state index contributed by atoms with van der Waals surface area (Å²) < 4.78 is 18.7. The van der Waals surface area contributed by atoms with Crippen molar-refractivity contribution in [1.29, 1.82) is 0 Å². The number of carbonyl (C=O) groups is 1. The van der Waals surface area contributed by atoms with Crippen molar-refractivity contribution in [3.63, 3.8) is 0 Å². The molecule has 0 unspecified atom stereocenters. The van der Waals surface area contributed by atoms with Gasteiger partial charge in [0.25, 0.3) is 0 Å². The first-order valence-corrected chi connectivity index (χ1v) is 8.49. The predicted octanol–water partition coefficient (Wildman–Crippen LogP) is 3.73. The Hall–Kier alpha value is -2.01. The second-order valence-corrected chi connectivity index (χ2v) is 6.60. The van der Waals surface area contributed by atoms with Gasteiger partial charge in [0.15, 0.2) is 0 Å². The van der Waals surface area contributed by atoms with Crippen molar-refractivity contribution in [2.24, 2.45) is 0 Å². The summed E-state index contributed by atoms with van der Waals surface area (Å²) in [6.45, 7) is 0. The molecule has 1 atom stereocenters. The van der Waals surface area contributed by atoms with E-state index >= 15 is 0 Å². The third-order valence-corrected chi connectivity index (χ3v) is 4.97. The Labute approximate surface area is 139 Å². The van der Waals surface area contributed by atoms with Crippen LogP contribution in [-0.2, 0) is 11.2 Å². The quantitative estimate of drug-likeness (QED) is 0.928. The van der Waals surface area contributed by atoms with Crippen molar-refractivity contribution in [2.45, 2.75) is 23.8 Å². The lowest BCUT2D eigenvalue weighted by Crippen LogP contribution is -2.31. The minimum atomic E-state index is -0.265. The number of hydrogen-bond donors (Lipinski definition) is 1. The van der Waals surface area contributed by atoms with Gasteiger partial charge in [-0.2, -0.15) is 0 Å². The normalized spacial score (nSPS) is 16.5. The van der Waals surface area contributed by atoms with Crippen LogP contribution in [0, 0.1) is 5.82 Å². The van der Waals surface area contributed by atoms with Gasteiger partial charge in [0.2, 0.25) is 5.91 Å². The Bertz CT molecular complexity index is 720. The number of hydrogen-bond acceptors (Lipinski definition) is 3. The second-order valence-electron chi connectivity index (χ2n) is 5.47. The minimum Gasteiger partial charge on any atom is -0.497 e. The van der Waals surface area contributed by atoms with Gasteiger partial charge in [-0.15, -0.1) is 11.8 Å². The summed E-state index contributed by atoms with van der Waals surface area (Å²) in [5.41, 5.74) is 1.77. The maximum Gasteiger partial charge on any atom is 0.224 e. The van der Waals surface area contributed by atoms with Gasteiger partial charge in [0, 0.05) is 10.6 Å². The Morgan fingerprint density at radius 1 is 1.35 bits per heavy atom. The average Bonchev–Trinajstić information content (AvgIpc) is 2.55. The van der Waals surface area contributed by atoms with Crippen molar-refractivity contribution in [1.82, 2.24) is 5.32 Å². The number of thioether (sulfide) groups is 1. The Morgan fingerprint density at radius 3 is 3.04 bits per heavy atom. The highest BCUT2D eigenvalue weighted by molar-refractivity contribution is 7.99. The van der Waals surface area contributed by atoms with E-state index in [9.17, 15) is 9.18 Å². The van der Waals surface area contributed by atoms with E-state index in [1.807, 2.05) is 24.3 Å². The lowest BCUT2D eigenvalue weighted by molar-refractivity contribution is -0.121. The van der Waals surface area contributed by atoms with E-state index in [1.54, 1.807) is 24.9 Å². The van der Waals surface area contributed by atoms with Crippen LogP contribution in [0.25, 0.3) is 0 Å². The molecule has 0 saturated heterocycles. The number of fused-ring (bicyclic) bond motifs is 1. The van der Waals surface area contributed by atoms with Gasteiger partial charge in [0.05, 0.1) is 19.6 Å². The molecule has 0 aromatic heterocycles. The number of methoxy groups -OCH3 is 1. The second kappa shape index (κ2) is 7.04. The van der Waals surface area contributed by atoms with E-state index in [-0.39, 0.29) is 24.2 Å². The van der Waals surface area contributed by atoms with Crippen LogP contribution in [0.15, 0.2) is 47.4 Å². The lowest BCUT2D eigenvalue weighted by atomic mass is 10.0. The van der Waals surface area contributed by atoms with E-state index in [0.717, 1.165) is 33.9 Å². The fourth-order valence-electron chi connectivity index (χ4n) is 2.73. The Morgan fingerprint density at radius 2 is 2.22 bits per heavy atom. The van der Waals surface area contributed by atoms with Crippen LogP contribution < -0.4 is 10.1 Å². The van der Waals surface area contributed by atoms with Crippen molar-refractivity contribution in [2.75, 3.05) is 12.9 Å². The van der Waals surface area contributed by atoms with Gasteiger partial charge in [-0.3, -0.25) is 4.79 Å². The van der Waals surface area contributed by atoms with Crippen LogP contribution in [-0.4, -0.2) is 18.8 Å². The van der Waals surface area contributed by atoms with E-state index in [1.165, 1.54) is 12.1 Å². The topological polar surface area (TPSA) is 38.3 Å². The molecular formula is C18H18FNO2S. The van der Waals surface area contributed by atoms with Gasteiger partial charge >= 0.3 is 0 Å². The number of rotatable bonds is 4. The molecule has 0 fully saturated rings. The molecule has 3 rings (SSSR count). The van der Waals surface area contributed by atoms with Crippen molar-refractivity contribution >= 4 is 17.7 Å². The summed E-state index contributed by atoms with van der Waals surface area (Å²) in [7, 11) is 1.60. The molecule has 0 saturated carbocycles. The van der Waals surface area contributed by atoms with Crippen molar-refractivity contribution < 1.29 is 13.9 Å². The monoisotopic (exact) mass is 331 g/mol. The zero-order valence-corrected chi connectivity index (χ0v) is 13.7. The van der Waals surface area contributed by atoms with Crippen LogP contribution in [0.2, 0.25) is 0 Å². The number of halogens is 1. The van der Waals surface area contributed by atoms with Crippen molar-refractivity contribution in [3.05, 3.63) is 59.4 Å². The maximum atomic E-state index is 13.5. The molecule has 3 nitrogen and oxygen atoms in total. The van der Waals surface area contributed by atoms with Crippen LogP contribution >= 0.6 is 11.8 Å². The molecule has 2 aromatic rings. The Kier molecular flexibility index (Phi) is 4.86. The van der Waals surface area contributed by atoms with Gasteiger partial charge < -0.3 is 10.1 Å². The molecule has 0 bridgehead atoms. The largest absolute Gasteiger partial charge is 0.497 e. The van der Waals surface area contributed by atoms with Gasteiger partial charge in [-0.1, -0.05) is 12.1 Å².